The second-order valence-electron chi connectivity index (χ2n) is 5.80. The number of hydrazine groups is 1. The summed E-state index contributed by atoms with van der Waals surface area (Å²) in [6, 6.07) is 17.8. The number of para-hydroxylation sites is 1. The Kier molecular flexibility index (Phi) is 6.62. The van der Waals surface area contributed by atoms with E-state index in [1.165, 1.54) is 17.3 Å². The molecular weight excluding hydrogens is 376 g/mol. The molecular formula is C20H20N4OS2. The Morgan fingerprint density at radius 3 is 2.63 bits per heavy atom. The SMILES string of the molecule is CCc1ccc(NC(=S)NNC(=O)CSc2cccc3cccnc23)cc1. The molecule has 3 aromatic rings. The van der Waals surface area contributed by atoms with Gasteiger partial charge in [-0.2, -0.15) is 0 Å². The zero-order chi connectivity index (χ0) is 19.1. The van der Waals surface area contributed by atoms with Gasteiger partial charge < -0.3 is 5.32 Å². The average Bonchev–Trinajstić information content (AvgIpc) is 2.71. The summed E-state index contributed by atoms with van der Waals surface area (Å²) in [5, 5.41) is 4.43. The van der Waals surface area contributed by atoms with Crippen LogP contribution in [0.2, 0.25) is 0 Å². The van der Waals surface area contributed by atoms with E-state index in [1.807, 2.05) is 54.6 Å². The number of anilines is 1. The smallest absolute Gasteiger partial charge is 0.248 e. The molecule has 0 aliphatic carbocycles. The van der Waals surface area contributed by atoms with Crippen molar-refractivity contribution in [3.05, 3.63) is 66.4 Å². The second-order valence-corrected chi connectivity index (χ2v) is 7.22. The van der Waals surface area contributed by atoms with Gasteiger partial charge in [0.1, 0.15) is 0 Å². The minimum absolute atomic E-state index is 0.168. The molecule has 3 rings (SSSR count). The summed E-state index contributed by atoms with van der Waals surface area (Å²) in [5.41, 5.74) is 8.36. The first kappa shape index (κ1) is 19.1. The molecule has 0 atom stereocenters. The molecule has 2 aromatic carbocycles. The molecule has 27 heavy (non-hydrogen) atoms. The normalized spacial score (nSPS) is 10.4. The largest absolute Gasteiger partial charge is 0.331 e. The summed E-state index contributed by atoms with van der Waals surface area (Å²) in [5.74, 6) is 0.0923. The number of hydrogen-bond donors (Lipinski definition) is 3. The topological polar surface area (TPSA) is 66.0 Å². The van der Waals surface area contributed by atoms with Crippen LogP contribution in [0, 0.1) is 0 Å². The fourth-order valence-electron chi connectivity index (χ4n) is 2.48. The van der Waals surface area contributed by atoms with Gasteiger partial charge in [0.2, 0.25) is 5.91 Å². The Morgan fingerprint density at radius 1 is 1.07 bits per heavy atom. The Morgan fingerprint density at radius 2 is 1.85 bits per heavy atom. The van der Waals surface area contributed by atoms with E-state index in [9.17, 15) is 4.79 Å². The number of aryl methyl sites for hydroxylation is 1. The van der Waals surface area contributed by atoms with Gasteiger partial charge in [-0.25, -0.2) is 0 Å². The number of carbonyl (C=O) groups excluding carboxylic acids is 1. The maximum absolute atomic E-state index is 12.1. The number of benzene rings is 2. The highest BCUT2D eigenvalue weighted by atomic mass is 32.2. The molecule has 0 saturated heterocycles. The first-order valence-corrected chi connectivity index (χ1v) is 9.96. The first-order chi connectivity index (χ1) is 13.2. The maximum Gasteiger partial charge on any atom is 0.248 e. The monoisotopic (exact) mass is 396 g/mol. The molecule has 0 unspecified atom stereocenters. The zero-order valence-corrected chi connectivity index (χ0v) is 16.5. The van der Waals surface area contributed by atoms with Gasteiger partial charge in [-0.05, 0) is 48.5 Å². The summed E-state index contributed by atoms with van der Waals surface area (Å²) >= 11 is 6.64. The van der Waals surface area contributed by atoms with Crippen LogP contribution in [0.25, 0.3) is 10.9 Å². The van der Waals surface area contributed by atoms with Gasteiger partial charge >= 0.3 is 0 Å². The molecule has 1 heterocycles. The van der Waals surface area contributed by atoms with Crippen molar-refractivity contribution >= 4 is 51.6 Å². The fraction of sp³-hybridized carbons (Fsp3) is 0.150. The van der Waals surface area contributed by atoms with Gasteiger partial charge in [-0.3, -0.25) is 20.6 Å². The van der Waals surface area contributed by atoms with Gasteiger partial charge in [0, 0.05) is 22.2 Å². The van der Waals surface area contributed by atoms with Crippen molar-refractivity contribution in [1.29, 1.82) is 0 Å². The number of thioether (sulfide) groups is 1. The molecule has 7 heteroatoms. The molecule has 1 aromatic heterocycles. The Bertz CT molecular complexity index is 939. The fourth-order valence-corrected chi connectivity index (χ4v) is 3.49. The van der Waals surface area contributed by atoms with E-state index in [0.717, 1.165) is 27.9 Å². The van der Waals surface area contributed by atoms with E-state index >= 15 is 0 Å². The average molecular weight is 397 g/mol. The summed E-state index contributed by atoms with van der Waals surface area (Å²) < 4.78 is 0. The molecule has 0 radical (unpaired) electrons. The van der Waals surface area contributed by atoms with Crippen LogP contribution in [0.15, 0.2) is 65.7 Å². The van der Waals surface area contributed by atoms with Crippen molar-refractivity contribution in [2.45, 2.75) is 18.2 Å². The molecule has 0 aliphatic rings. The first-order valence-electron chi connectivity index (χ1n) is 8.57. The number of fused-ring (bicyclic) bond motifs is 1. The van der Waals surface area contributed by atoms with Crippen LogP contribution in [0.4, 0.5) is 5.69 Å². The second kappa shape index (κ2) is 9.34. The van der Waals surface area contributed by atoms with E-state index in [0.29, 0.717) is 5.11 Å². The predicted octanol–water partition coefficient (Wildman–Crippen LogP) is 3.91. The third kappa shape index (κ3) is 5.42. The van der Waals surface area contributed by atoms with Crippen LogP contribution in [0.5, 0.6) is 0 Å². The van der Waals surface area contributed by atoms with Crippen LogP contribution < -0.4 is 16.2 Å². The highest BCUT2D eigenvalue weighted by molar-refractivity contribution is 8.00. The quantitative estimate of drug-likeness (QED) is 0.345. The van der Waals surface area contributed by atoms with Gasteiger partial charge in [0.25, 0.3) is 0 Å². The zero-order valence-electron chi connectivity index (χ0n) is 14.9. The number of carbonyl (C=O) groups is 1. The van der Waals surface area contributed by atoms with Crippen molar-refractivity contribution in [1.82, 2.24) is 15.8 Å². The van der Waals surface area contributed by atoms with E-state index < -0.39 is 0 Å². The minimum Gasteiger partial charge on any atom is -0.331 e. The van der Waals surface area contributed by atoms with Gasteiger partial charge in [0.05, 0.1) is 11.3 Å². The number of pyridine rings is 1. The number of thiocarbonyl (C=S) groups is 1. The number of nitrogens with one attached hydrogen (secondary N) is 3. The van der Waals surface area contributed by atoms with Crippen molar-refractivity contribution in [2.75, 3.05) is 11.1 Å². The molecule has 0 fully saturated rings. The maximum atomic E-state index is 12.1. The lowest BCUT2D eigenvalue weighted by atomic mass is 10.1. The number of aromatic nitrogens is 1. The summed E-state index contributed by atoms with van der Waals surface area (Å²) in [4.78, 5) is 17.5. The summed E-state index contributed by atoms with van der Waals surface area (Å²) in [6.45, 7) is 2.11. The molecule has 5 nitrogen and oxygen atoms in total. The lowest BCUT2D eigenvalue weighted by molar-refractivity contribution is -0.119. The molecule has 0 saturated carbocycles. The van der Waals surface area contributed by atoms with Crippen molar-refractivity contribution in [3.63, 3.8) is 0 Å². The number of rotatable bonds is 5. The van der Waals surface area contributed by atoms with E-state index in [1.54, 1.807) is 6.20 Å². The van der Waals surface area contributed by atoms with Crippen molar-refractivity contribution in [3.8, 4) is 0 Å². The standard InChI is InChI=1S/C20H20N4OS2/c1-2-14-8-10-16(11-9-14)22-20(26)24-23-18(25)13-27-17-7-3-5-15-6-4-12-21-19(15)17/h3-12H,2,13H2,1H3,(H,23,25)(H2,22,24,26). The molecule has 3 N–H and O–H groups in total. The molecule has 1 amide bonds. The lowest BCUT2D eigenvalue weighted by Gasteiger charge is -2.12. The van der Waals surface area contributed by atoms with Crippen molar-refractivity contribution in [2.24, 2.45) is 0 Å². The third-order valence-corrected chi connectivity index (χ3v) is 5.14. The summed E-state index contributed by atoms with van der Waals surface area (Å²) in [6.07, 6.45) is 2.74. The van der Waals surface area contributed by atoms with Gasteiger partial charge in [-0.1, -0.05) is 37.3 Å². The molecule has 0 aliphatic heterocycles. The minimum atomic E-state index is -0.168. The Hall–Kier alpha value is -2.64. The van der Waals surface area contributed by atoms with E-state index in [2.05, 4.69) is 28.1 Å². The third-order valence-electron chi connectivity index (χ3n) is 3.89. The Balaban J connectivity index is 1.47. The summed E-state index contributed by atoms with van der Waals surface area (Å²) in [7, 11) is 0. The molecule has 0 bridgehead atoms. The van der Waals surface area contributed by atoms with Crippen LogP contribution in [0.1, 0.15) is 12.5 Å². The number of amides is 1. The molecule has 0 spiro atoms. The number of nitrogens with zero attached hydrogens (tertiary/aromatic N) is 1. The van der Waals surface area contributed by atoms with Gasteiger partial charge in [0.15, 0.2) is 5.11 Å². The number of hydrogen-bond acceptors (Lipinski definition) is 4. The van der Waals surface area contributed by atoms with Crippen LogP contribution >= 0.6 is 24.0 Å². The highest BCUT2D eigenvalue weighted by Gasteiger charge is 2.07. The van der Waals surface area contributed by atoms with Crippen LogP contribution in [-0.2, 0) is 11.2 Å². The van der Waals surface area contributed by atoms with Crippen LogP contribution in [0.3, 0.4) is 0 Å². The van der Waals surface area contributed by atoms with E-state index in [4.69, 9.17) is 12.2 Å². The van der Waals surface area contributed by atoms with Crippen molar-refractivity contribution < 1.29 is 4.79 Å². The predicted molar refractivity (Wildman–Crippen MR) is 116 cm³/mol. The van der Waals surface area contributed by atoms with Gasteiger partial charge in [-0.15, -0.1) is 11.8 Å². The van der Waals surface area contributed by atoms with Crippen LogP contribution in [-0.4, -0.2) is 21.8 Å². The molecule has 138 valence electrons. The van der Waals surface area contributed by atoms with E-state index in [-0.39, 0.29) is 11.7 Å². The lowest BCUT2D eigenvalue weighted by Crippen LogP contribution is -2.44. The Labute approximate surface area is 167 Å². The highest BCUT2D eigenvalue weighted by Crippen LogP contribution is 2.25.